The molecular weight excluding hydrogens is 184 g/mol. The molecule has 0 aromatic heterocycles. The highest BCUT2D eigenvalue weighted by Crippen LogP contribution is 2.02. The van der Waals surface area contributed by atoms with Crippen molar-refractivity contribution in [2.75, 3.05) is 0 Å². The van der Waals surface area contributed by atoms with Crippen LogP contribution in [0.5, 0.6) is 0 Å². The standard InChI is InChI=1S/C10H14O4/c1-3-7(2)9(12)5-4-8(11)6-10(13)14/h4-5,7H,3,6H2,1-2H3,(H,13,14). The maximum atomic E-state index is 11.2. The molecule has 0 aromatic rings. The molecule has 0 heterocycles. The first-order chi connectivity index (χ1) is 6.47. The Labute approximate surface area is 82.6 Å². The predicted octanol–water partition coefficient (Wildman–Crippen LogP) is 1.20. The monoisotopic (exact) mass is 198 g/mol. The number of allylic oxidation sites excluding steroid dienone is 2. The van der Waals surface area contributed by atoms with Gasteiger partial charge in [0.2, 0.25) is 0 Å². The van der Waals surface area contributed by atoms with Gasteiger partial charge in [-0.05, 0) is 18.6 Å². The second-order valence-electron chi connectivity index (χ2n) is 3.08. The molecule has 0 fully saturated rings. The number of aliphatic carboxylic acids is 1. The first kappa shape index (κ1) is 12.6. The van der Waals surface area contributed by atoms with E-state index < -0.39 is 18.2 Å². The average Bonchev–Trinajstić information content (AvgIpc) is 2.11. The molecule has 0 aliphatic rings. The normalized spacial score (nSPS) is 12.7. The summed E-state index contributed by atoms with van der Waals surface area (Å²) in [5, 5.41) is 8.26. The van der Waals surface area contributed by atoms with Crippen LogP contribution in [0.3, 0.4) is 0 Å². The van der Waals surface area contributed by atoms with E-state index in [4.69, 9.17) is 5.11 Å². The summed E-state index contributed by atoms with van der Waals surface area (Å²) < 4.78 is 0. The number of carbonyl (C=O) groups excluding carboxylic acids is 2. The van der Waals surface area contributed by atoms with Gasteiger partial charge in [0.25, 0.3) is 0 Å². The van der Waals surface area contributed by atoms with E-state index in [2.05, 4.69) is 0 Å². The smallest absolute Gasteiger partial charge is 0.311 e. The minimum absolute atomic E-state index is 0.121. The van der Waals surface area contributed by atoms with Crippen molar-refractivity contribution in [3.8, 4) is 0 Å². The fourth-order valence-electron chi connectivity index (χ4n) is 0.749. The lowest BCUT2D eigenvalue weighted by atomic mass is 10.0. The maximum Gasteiger partial charge on any atom is 0.311 e. The first-order valence-electron chi connectivity index (χ1n) is 4.44. The van der Waals surface area contributed by atoms with Crippen LogP contribution in [0.2, 0.25) is 0 Å². The second kappa shape index (κ2) is 6.07. The molecule has 0 rings (SSSR count). The van der Waals surface area contributed by atoms with Gasteiger partial charge in [0, 0.05) is 5.92 Å². The largest absolute Gasteiger partial charge is 0.481 e. The minimum Gasteiger partial charge on any atom is -0.481 e. The number of rotatable bonds is 6. The van der Waals surface area contributed by atoms with E-state index in [0.29, 0.717) is 6.42 Å². The van der Waals surface area contributed by atoms with Crippen LogP contribution >= 0.6 is 0 Å². The van der Waals surface area contributed by atoms with Crippen LogP contribution in [-0.4, -0.2) is 22.6 Å². The summed E-state index contributed by atoms with van der Waals surface area (Å²) in [4.78, 5) is 32.1. The van der Waals surface area contributed by atoms with Crippen molar-refractivity contribution in [2.45, 2.75) is 26.7 Å². The summed E-state index contributed by atoms with van der Waals surface area (Å²) in [5.41, 5.74) is 0. The summed E-state index contributed by atoms with van der Waals surface area (Å²) in [7, 11) is 0. The molecule has 0 radical (unpaired) electrons. The molecule has 0 saturated heterocycles. The third kappa shape index (κ3) is 5.24. The number of hydrogen-bond acceptors (Lipinski definition) is 3. The molecule has 0 aliphatic heterocycles. The van der Waals surface area contributed by atoms with E-state index in [0.717, 1.165) is 12.2 Å². The SMILES string of the molecule is CCC(C)C(=O)C=CC(=O)CC(=O)O. The van der Waals surface area contributed by atoms with E-state index in [1.54, 1.807) is 6.92 Å². The molecule has 78 valence electrons. The Morgan fingerprint density at radius 3 is 2.29 bits per heavy atom. The van der Waals surface area contributed by atoms with Crippen LogP contribution in [0, 0.1) is 5.92 Å². The molecular formula is C10H14O4. The van der Waals surface area contributed by atoms with E-state index in [1.807, 2.05) is 6.92 Å². The van der Waals surface area contributed by atoms with Crippen molar-refractivity contribution in [3.63, 3.8) is 0 Å². The Morgan fingerprint density at radius 2 is 1.86 bits per heavy atom. The fraction of sp³-hybridized carbons (Fsp3) is 0.500. The summed E-state index contributed by atoms with van der Waals surface area (Å²) in [5.74, 6) is -2.01. The maximum absolute atomic E-state index is 11.2. The zero-order valence-corrected chi connectivity index (χ0v) is 8.32. The number of hydrogen-bond donors (Lipinski definition) is 1. The molecule has 0 aliphatic carbocycles. The fourth-order valence-corrected chi connectivity index (χ4v) is 0.749. The number of carboxylic acids is 1. The lowest BCUT2D eigenvalue weighted by molar-refractivity contribution is -0.139. The number of ketones is 2. The van der Waals surface area contributed by atoms with Gasteiger partial charge < -0.3 is 5.11 Å². The van der Waals surface area contributed by atoms with Crippen LogP contribution in [0.1, 0.15) is 26.7 Å². The van der Waals surface area contributed by atoms with E-state index in [9.17, 15) is 14.4 Å². The average molecular weight is 198 g/mol. The molecule has 14 heavy (non-hydrogen) atoms. The van der Waals surface area contributed by atoms with Crippen LogP contribution < -0.4 is 0 Å². The minimum atomic E-state index is -1.18. The van der Waals surface area contributed by atoms with Crippen LogP contribution in [0.25, 0.3) is 0 Å². The Balaban J connectivity index is 4.10. The predicted molar refractivity (Wildman–Crippen MR) is 50.9 cm³/mol. The summed E-state index contributed by atoms with van der Waals surface area (Å²) >= 11 is 0. The van der Waals surface area contributed by atoms with Crippen molar-refractivity contribution in [2.24, 2.45) is 5.92 Å². The van der Waals surface area contributed by atoms with Crippen molar-refractivity contribution in [1.29, 1.82) is 0 Å². The Bertz CT molecular complexity index is 265. The third-order valence-electron chi connectivity index (χ3n) is 1.86. The Hall–Kier alpha value is -1.45. The summed E-state index contributed by atoms with van der Waals surface area (Å²) in [6.07, 6.45) is 2.32. The summed E-state index contributed by atoms with van der Waals surface area (Å²) in [6.45, 7) is 3.63. The zero-order valence-electron chi connectivity index (χ0n) is 8.32. The van der Waals surface area contributed by atoms with Gasteiger partial charge in [0.15, 0.2) is 11.6 Å². The van der Waals surface area contributed by atoms with Crippen LogP contribution in [0.15, 0.2) is 12.2 Å². The van der Waals surface area contributed by atoms with Crippen LogP contribution in [-0.2, 0) is 14.4 Å². The molecule has 0 spiro atoms. The second-order valence-corrected chi connectivity index (χ2v) is 3.08. The van der Waals surface area contributed by atoms with Gasteiger partial charge in [-0.25, -0.2) is 0 Å². The molecule has 1 N–H and O–H groups in total. The molecule has 4 nitrogen and oxygen atoms in total. The molecule has 0 bridgehead atoms. The Morgan fingerprint density at radius 1 is 1.29 bits per heavy atom. The topological polar surface area (TPSA) is 71.4 Å². The van der Waals surface area contributed by atoms with Crippen LogP contribution in [0.4, 0.5) is 0 Å². The van der Waals surface area contributed by atoms with Gasteiger partial charge in [-0.2, -0.15) is 0 Å². The molecule has 0 aromatic carbocycles. The lowest BCUT2D eigenvalue weighted by Gasteiger charge is -2.00. The number of carbonyl (C=O) groups is 3. The van der Waals surface area contributed by atoms with Gasteiger partial charge in [-0.15, -0.1) is 0 Å². The van der Waals surface area contributed by atoms with Gasteiger partial charge in [0.05, 0.1) is 0 Å². The number of carboxylic acid groups (broad SMARTS) is 1. The third-order valence-corrected chi connectivity index (χ3v) is 1.86. The molecule has 1 unspecified atom stereocenters. The van der Waals surface area contributed by atoms with Crippen molar-refractivity contribution < 1.29 is 19.5 Å². The molecule has 4 heteroatoms. The summed E-state index contributed by atoms with van der Waals surface area (Å²) in [6, 6.07) is 0. The van der Waals surface area contributed by atoms with Gasteiger partial charge in [-0.1, -0.05) is 13.8 Å². The van der Waals surface area contributed by atoms with Crippen molar-refractivity contribution in [3.05, 3.63) is 12.2 Å². The van der Waals surface area contributed by atoms with Crippen molar-refractivity contribution >= 4 is 17.5 Å². The molecule has 1 atom stereocenters. The van der Waals surface area contributed by atoms with E-state index >= 15 is 0 Å². The Kier molecular flexibility index (Phi) is 5.44. The highest BCUT2D eigenvalue weighted by atomic mass is 16.4. The highest BCUT2D eigenvalue weighted by Gasteiger charge is 2.08. The van der Waals surface area contributed by atoms with Crippen molar-refractivity contribution in [1.82, 2.24) is 0 Å². The molecule has 0 amide bonds. The molecule has 0 saturated carbocycles. The zero-order chi connectivity index (χ0) is 11.1. The van der Waals surface area contributed by atoms with Gasteiger partial charge in [0.1, 0.15) is 6.42 Å². The van der Waals surface area contributed by atoms with E-state index in [1.165, 1.54) is 0 Å². The highest BCUT2D eigenvalue weighted by molar-refractivity contribution is 6.05. The van der Waals surface area contributed by atoms with E-state index in [-0.39, 0.29) is 11.7 Å². The first-order valence-corrected chi connectivity index (χ1v) is 4.44. The van der Waals surface area contributed by atoms with Gasteiger partial charge >= 0.3 is 5.97 Å². The van der Waals surface area contributed by atoms with Gasteiger partial charge in [-0.3, -0.25) is 14.4 Å². The quantitative estimate of drug-likeness (QED) is 0.514. The lowest BCUT2D eigenvalue weighted by Crippen LogP contribution is -2.08.